The van der Waals surface area contributed by atoms with Gasteiger partial charge in [0.25, 0.3) is 11.8 Å². The normalized spacial score (nSPS) is 12.9. The lowest BCUT2D eigenvalue weighted by molar-refractivity contribution is -0.143. The van der Waals surface area contributed by atoms with Crippen LogP contribution < -0.4 is 10.7 Å². The van der Waals surface area contributed by atoms with Gasteiger partial charge in [-0.2, -0.15) is 0 Å². The van der Waals surface area contributed by atoms with Gasteiger partial charge in [0.05, 0.1) is 17.7 Å². The van der Waals surface area contributed by atoms with Crippen molar-refractivity contribution in [2.24, 2.45) is 0 Å². The van der Waals surface area contributed by atoms with Gasteiger partial charge in [0.2, 0.25) is 0 Å². The van der Waals surface area contributed by atoms with Crippen molar-refractivity contribution in [1.82, 2.24) is 15.8 Å². The smallest absolute Gasteiger partial charge is 0.320 e. The number of nitrogens with one attached hydrogen (secondary N) is 2. The lowest BCUT2D eigenvalue weighted by Gasteiger charge is -2.15. The molecule has 1 aliphatic heterocycles. The van der Waals surface area contributed by atoms with Crippen LogP contribution in [0.3, 0.4) is 0 Å². The maximum Gasteiger partial charge on any atom is 0.320 e. The highest BCUT2D eigenvalue weighted by Crippen LogP contribution is 2.20. The molecule has 28 heavy (non-hydrogen) atoms. The summed E-state index contributed by atoms with van der Waals surface area (Å²) in [6, 6.07) is 16.3. The maximum absolute atomic E-state index is 12.2. The molecule has 2 aromatic carbocycles. The number of hydrogen-bond donors (Lipinski definition) is 2. The molecule has 146 valence electrons. The van der Waals surface area contributed by atoms with E-state index < -0.39 is 0 Å². The molecule has 7 heteroatoms. The summed E-state index contributed by atoms with van der Waals surface area (Å²) in [6.07, 6.45) is 1.54. The number of fused-ring (bicyclic) bond motifs is 1. The van der Waals surface area contributed by atoms with Crippen LogP contribution in [0.25, 0.3) is 0 Å². The molecular weight excluding hydrogens is 358 g/mol. The molecule has 0 saturated heterocycles. The predicted molar refractivity (Wildman–Crippen MR) is 103 cm³/mol. The summed E-state index contributed by atoms with van der Waals surface area (Å²) in [5.74, 6) is -0.937. The molecule has 0 atom stereocenters. The first-order valence-corrected chi connectivity index (χ1v) is 9.28. The Morgan fingerprint density at radius 3 is 2.14 bits per heavy atom. The number of ether oxygens (including phenoxy) is 1. The van der Waals surface area contributed by atoms with Crippen LogP contribution in [-0.4, -0.2) is 42.4 Å². The van der Waals surface area contributed by atoms with Crippen molar-refractivity contribution < 1.29 is 19.1 Å². The number of unbranched alkanes of at least 4 members (excludes halogenated alkanes) is 1. The van der Waals surface area contributed by atoms with Crippen LogP contribution in [0.4, 0.5) is 0 Å². The van der Waals surface area contributed by atoms with Crippen molar-refractivity contribution in [3.8, 4) is 0 Å². The highest BCUT2D eigenvalue weighted by molar-refractivity contribution is 6.20. The molecule has 2 N–H and O–H groups in total. The molecule has 0 aromatic heterocycles. The van der Waals surface area contributed by atoms with E-state index in [1.807, 2.05) is 30.3 Å². The van der Waals surface area contributed by atoms with Crippen LogP contribution in [-0.2, 0) is 16.1 Å². The van der Waals surface area contributed by atoms with E-state index in [4.69, 9.17) is 4.74 Å². The SMILES string of the molecule is O=C(CNCCCCNN1C(=O)c2ccccc2C1=O)OCc1ccccc1. The predicted octanol–water partition coefficient (Wildman–Crippen LogP) is 1.90. The average Bonchev–Trinajstić information content (AvgIpc) is 2.97. The number of hydrogen-bond acceptors (Lipinski definition) is 6. The van der Waals surface area contributed by atoms with Gasteiger partial charge < -0.3 is 10.1 Å². The molecule has 0 unspecified atom stereocenters. The number of benzene rings is 2. The summed E-state index contributed by atoms with van der Waals surface area (Å²) >= 11 is 0. The van der Waals surface area contributed by atoms with E-state index in [0.29, 0.717) is 24.2 Å². The Hall–Kier alpha value is -3.03. The van der Waals surface area contributed by atoms with E-state index in [2.05, 4.69) is 10.7 Å². The highest BCUT2D eigenvalue weighted by atomic mass is 16.5. The van der Waals surface area contributed by atoms with E-state index >= 15 is 0 Å². The van der Waals surface area contributed by atoms with Crippen LogP contribution in [0.2, 0.25) is 0 Å². The average molecular weight is 381 g/mol. The molecule has 7 nitrogen and oxygen atoms in total. The van der Waals surface area contributed by atoms with Crippen LogP contribution in [0.5, 0.6) is 0 Å². The number of esters is 1. The molecule has 0 spiro atoms. The third kappa shape index (κ3) is 5.03. The summed E-state index contributed by atoms with van der Waals surface area (Å²) in [5, 5.41) is 4.10. The Kier molecular flexibility index (Phi) is 6.89. The van der Waals surface area contributed by atoms with Gasteiger partial charge in [-0.25, -0.2) is 10.4 Å². The van der Waals surface area contributed by atoms with E-state index in [0.717, 1.165) is 23.4 Å². The minimum atomic E-state index is -0.320. The molecule has 1 aliphatic rings. The van der Waals surface area contributed by atoms with Crippen molar-refractivity contribution in [3.63, 3.8) is 0 Å². The fourth-order valence-electron chi connectivity index (χ4n) is 2.88. The quantitative estimate of drug-likeness (QED) is 0.371. The molecule has 2 aromatic rings. The molecule has 0 aliphatic carbocycles. The van der Waals surface area contributed by atoms with Crippen LogP contribution >= 0.6 is 0 Å². The van der Waals surface area contributed by atoms with Gasteiger partial charge >= 0.3 is 5.97 Å². The maximum atomic E-state index is 12.2. The second kappa shape index (κ2) is 9.77. The Morgan fingerprint density at radius 2 is 1.46 bits per heavy atom. The first-order chi connectivity index (χ1) is 13.7. The van der Waals surface area contributed by atoms with Crippen LogP contribution in [0.1, 0.15) is 39.1 Å². The lowest BCUT2D eigenvalue weighted by atomic mass is 10.1. The summed E-state index contributed by atoms with van der Waals surface area (Å²) in [6.45, 7) is 1.56. The Balaban J connectivity index is 1.25. The fraction of sp³-hybridized carbons (Fsp3) is 0.286. The molecule has 0 bridgehead atoms. The van der Waals surface area contributed by atoms with E-state index in [9.17, 15) is 14.4 Å². The summed E-state index contributed by atoms with van der Waals surface area (Å²) in [5.41, 5.74) is 4.69. The standard InChI is InChI=1S/C21H23N3O4/c25-19(28-15-16-8-2-1-3-9-16)14-22-12-6-7-13-23-24-20(26)17-10-4-5-11-18(17)21(24)27/h1-5,8-11,22-23H,6-7,12-15H2. The van der Waals surface area contributed by atoms with Crippen molar-refractivity contribution in [1.29, 1.82) is 0 Å². The monoisotopic (exact) mass is 381 g/mol. The highest BCUT2D eigenvalue weighted by Gasteiger charge is 2.34. The molecule has 0 radical (unpaired) electrons. The van der Waals surface area contributed by atoms with E-state index in [1.54, 1.807) is 24.3 Å². The summed E-state index contributed by atoms with van der Waals surface area (Å²) in [7, 11) is 0. The molecule has 2 amide bonds. The zero-order chi connectivity index (χ0) is 19.8. The van der Waals surface area contributed by atoms with Crippen molar-refractivity contribution >= 4 is 17.8 Å². The Bertz CT molecular complexity index is 804. The minimum Gasteiger partial charge on any atom is -0.460 e. The number of rotatable bonds is 10. The van der Waals surface area contributed by atoms with E-state index in [-0.39, 0.29) is 30.9 Å². The first-order valence-electron chi connectivity index (χ1n) is 9.28. The zero-order valence-corrected chi connectivity index (χ0v) is 15.5. The van der Waals surface area contributed by atoms with Crippen molar-refractivity contribution in [3.05, 3.63) is 71.3 Å². The number of carbonyl (C=O) groups excluding carboxylic acids is 3. The number of carbonyl (C=O) groups is 3. The summed E-state index contributed by atoms with van der Waals surface area (Å²) < 4.78 is 5.18. The fourth-order valence-corrected chi connectivity index (χ4v) is 2.88. The number of hydrazine groups is 1. The lowest BCUT2D eigenvalue weighted by Crippen LogP contribution is -2.43. The Morgan fingerprint density at radius 1 is 0.857 bits per heavy atom. The molecule has 0 saturated carbocycles. The second-order valence-electron chi connectivity index (χ2n) is 6.43. The summed E-state index contributed by atoms with van der Waals surface area (Å²) in [4.78, 5) is 36.1. The van der Waals surface area contributed by atoms with Gasteiger partial charge in [-0.05, 0) is 37.1 Å². The largest absolute Gasteiger partial charge is 0.460 e. The second-order valence-corrected chi connectivity index (χ2v) is 6.43. The number of amides is 2. The minimum absolute atomic E-state index is 0.151. The molecule has 3 rings (SSSR count). The number of nitrogens with zero attached hydrogens (tertiary/aromatic N) is 1. The third-order valence-corrected chi connectivity index (χ3v) is 4.36. The van der Waals surface area contributed by atoms with Crippen molar-refractivity contribution in [2.45, 2.75) is 19.4 Å². The Labute approximate surface area is 163 Å². The topological polar surface area (TPSA) is 87.7 Å². The van der Waals surface area contributed by atoms with Gasteiger partial charge in [0.1, 0.15) is 6.61 Å². The molecule has 0 fully saturated rings. The van der Waals surface area contributed by atoms with Gasteiger partial charge in [0, 0.05) is 6.54 Å². The molecular formula is C21H23N3O4. The van der Waals surface area contributed by atoms with Crippen molar-refractivity contribution in [2.75, 3.05) is 19.6 Å². The third-order valence-electron chi connectivity index (χ3n) is 4.36. The number of imide groups is 1. The van der Waals surface area contributed by atoms with Gasteiger partial charge in [-0.15, -0.1) is 0 Å². The zero-order valence-electron chi connectivity index (χ0n) is 15.5. The van der Waals surface area contributed by atoms with E-state index in [1.165, 1.54) is 0 Å². The van der Waals surface area contributed by atoms with Crippen LogP contribution in [0, 0.1) is 0 Å². The molecule has 1 heterocycles. The van der Waals surface area contributed by atoms with Crippen LogP contribution in [0.15, 0.2) is 54.6 Å². The van der Waals surface area contributed by atoms with Gasteiger partial charge in [0.15, 0.2) is 0 Å². The first kappa shape index (κ1) is 19.7. The van der Waals surface area contributed by atoms with Gasteiger partial charge in [-0.1, -0.05) is 42.5 Å². The van der Waals surface area contributed by atoms with Gasteiger partial charge in [-0.3, -0.25) is 14.4 Å².